The summed E-state index contributed by atoms with van der Waals surface area (Å²) in [6.45, 7) is 3.61. The van der Waals surface area contributed by atoms with Crippen LogP contribution in [-0.2, 0) is 4.74 Å². The SMILES string of the molecule is Cc1cc(C#N)cc(N(C)CC2CCCO2)n1. The minimum atomic E-state index is 0.299. The van der Waals surface area contributed by atoms with E-state index in [1.165, 1.54) is 0 Å². The van der Waals surface area contributed by atoms with E-state index in [0.717, 1.165) is 37.5 Å². The summed E-state index contributed by atoms with van der Waals surface area (Å²) in [4.78, 5) is 6.50. The molecule has 4 nitrogen and oxygen atoms in total. The molecule has 1 aliphatic heterocycles. The zero-order valence-corrected chi connectivity index (χ0v) is 10.3. The molecule has 0 amide bonds. The first-order chi connectivity index (χ1) is 8.19. The number of ether oxygens (including phenoxy) is 1. The standard InChI is InChI=1S/C13H17N3O/c1-10-6-11(8-14)7-13(15-10)16(2)9-12-4-3-5-17-12/h6-7,12H,3-5,9H2,1-2H3. The predicted octanol–water partition coefficient (Wildman–Crippen LogP) is 1.88. The number of hydrogen-bond donors (Lipinski definition) is 0. The molecule has 1 unspecified atom stereocenters. The maximum atomic E-state index is 8.93. The van der Waals surface area contributed by atoms with Gasteiger partial charge in [-0.2, -0.15) is 5.26 Å². The lowest BCUT2D eigenvalue weighted by molar-refractivity contribution is 0.116. The lowest BCUT2D eigenvalue weighted by atomic mass is 10.2. The predicted molar refractivity (Wildman–Crippen MR) is 65.9 cm³/mol. The molecule has 1 atom stereocenters. The van der Waals surface area contributed by atoms with Crippen molar-refractivity contribution in [2.45, 2.75) is 25.9 Å². The van der Waals surface area contributed by atoms with Gasteiger partial charge >= 0.3 is 0 Å². The largest absolute Gasteiger partial charge is 0.376 e. The Balaban J connectivity index is 2.10. The van der Waals surface area contributed by atoms with E-state index in [1.807, 2.05) is 20.0 Å². The monoisotopic (exact) mass is 231 g/mol. The third-order valence-corrected chi connectivity index (χ3v) is 2.96. The summed E-state index contributed by atoms with van der Waals surface area (Å²) in [5.74, 6) is 0.844. The van der Waals surface area contributed by atoms with E-state index < -0.39 is 0 Å². The fourth-order valence-electron chi connectivity index (χ4n) is 2.10. The molecule has 2 rings (SSSR count). The fraction of sp³-hybridized carbons (Fsp3) is 0.538. The van der Waals surface area contributed by atoms with E-state index in [2.05, 4.69) is 16.0 Å². The normalized spacial score (nSPS) is 19.0. The molecule has 1 aromatic heterocycles. The number of nitrogens with zero attached hydrogens (tertiary/aromatic N) is 3. The number of rotatable bonds is 3. The number of likely N-dealkylation sites (N-methyl/N-ethyl adjacent to an activating group) is 1. The van der Waals surface area contributed by atoms with Gasteiger partial charge in [-0.25, -0.2) is 4.98 Å². The van der Waals surface area contributed by atoms with Crippen LogP contribution in [0.2, 0.25) is 0 Å². The van der Waals surface area contributed by atoms with E-state index in [-0.39, 0.29) is 0 Å². The van der Waals surface area contributed by atoms with Crippen LogP contribution in [0.4, 0.5) is 5.82 Å². The van der Waals surface area contributed by atoms with Gasteiger partial charge in [0.2, 0.25) is 0 Å². The van der Waals surface area contributed by atoms with Crippen molar-refractivity contribution in [3.8, 4) is 6.07 Å². The minimum Gasteiger partial charge on any atom is -0.376 e. The summed E-state index contributed by atoms with van der Waals surface area (Å²) in [7, 11) is 1.99. The molecule has 1 saturated heterocycles. The van der Waals surface area contributed by atoms with Crippen LogP contribution >= 0.6 is 0 Å². The summed E-state index contributed by atoms with van der Waals surface area (Å²) in [6.07, 6.45) is 2.55. The average molecular weight is 231 g/mol. The van der Waals surface area contributed by atoms with Gasteiger partial charge in [-0.15, -0.1) is 0 Å². The molecule has 17 heavy (non-hydrogen) atoms. The van der Waals surface area contributed by atoms with Gasteiger partial charge in [0.25, 0.3) is 0 Å². The number of aromatic nitrogens is 1. The van der Waals surface area contributed by atoms with Crippen molar-refractivity contribution in [3.63, 3.8) is 0 Å². The maximum absolute atomic E-state index is 8.93. The van der Waals surface area contributed by atoms with Crippen molar-refractivity contribution in [1.82, 2.24) is 4.98 Å². The molecule has 1 aliphatic rings. The van der Waals surface area contributed by atoms with E-state index in [0.29, 0.717) is 11.7 Å². The van der Waals surface area contributed by atoms with Crippen LogP contribution in [-0.4, -0.2) is 31.3 Å². The first-order valence-electron chi connectivity index (χ1n) is 5.90. The summed E-state index contributed by atoms with van der Waals surface area (Å²) < 4.78 is 5.60. The highest BCUT2D eigenvalue weighted by Crippen LogP contribution is 2.17. The molecule has 0 N–H and O–H groups in total. The van der Waals surface area contributed by atoms with Crippen LogP contribution in [0.5, 0.6) is 0 Å². The Labute approximate surface area is 102 Å². The Morgan fingerprint density at radius 2 is 2.41 bits per heavy atom. The van der Waals surface area contributed by atoms with Gasteiger partial charge in [0, 0.05) is 25.9 Å². The van der Waals surface area contributed by atoms with Crippen molar-refractivity contribution in [2.24, 2.45) is 0 Å². The summed E-state index contributed by atoms with van der Waals surface area (Å²) in [6, 6.07) is 5.78. The van der Waals surface area contributed by atoms with Crippen LogP contribution in [0.15, 0.2) is 12.1 Å². The topological polar surface area (TPSA) is 49.2 Å². The van der Waals surface area contributed by atoms with Crippen LogP contribution in [0.25, 0.3) is 0 Å². The molecule has 0 aromatic carbocycles. The molecule has 0 aliphatic carbocycles. The first-order valence-corrected chi connectivity index (χ1v) is 5.90. The fourth-order valence-corrected chi connectivity index (χ4v) is 2.10. The summed E-state index contributed by atoms with van der Waals surface area (Å²) in [5, 5.41) is 8.93. The Hall–Kier alpha value is -1.60. The average Bonchev–Trinajstić information content (AvgIpc) is 2.81. The lowest BCUT2D eigenvalue weighted by Gasteiger charge is -2.22. The van der Waals surface area contributed by atoms with Gasteiger partial charge in [-0.05, 0) is 31.9 Å². The Morgan fingerprint density at radius 1 is 1.59 bits per heavy atom. The highest BCUT2D eigenvalue weighted by atomic mass is 16.5. The quantitative estimate of drug-likeness (QED) is 0.797. The van der Waals surface area contributed by atoms with Gasteiger partial charge < -0.3 is 9.64 Å². The van der Waals surface area contributed by atoms with Crippen LogP contribution in [0, 0.1) is 18.3 Å². The van der Waals surface area contributed by atoms with Crippen molar-refractivity contribution >= 4 is 5.82 Å². The molecule has 4 heteroatoms. The maximum Gasteiger partial charge on any atom is 0.129 e. The van der Waals surface area contributed by atoms with Crippen LogP contribution < -0.4 is 4.90 Å². The van der Waals surface area contributed by atoms with Gasteiger partial charge in [0.05, 0.1) is 17.7 Å². The lowest BCUT2D eigenvalue weighted by Crippen LogP contribution is -2.29. The van der Waals surface area contributed by atoms with Crippen LogP contribution in [0.1, 0.15) is 24.1 Å². The van der Waals surface area contributed by atoms with Crippen molar-refractivity contribution in [3.05, 3.63) is 23.4 Å². The smallest absolute Gasteiger partial charge is 0.129 e. The Bertz CT molecular complexity index is 433. The molecule has 0 saturated carbocycles. The number of hydrogen-bond acceptors (Lipinski definition) is 4. The van der Waals surface area contributed by atoms with Gasteiger partial charge in [-0.3, -0.25) is 0 Å². The second-order valence-corrected chi connectivity index (χ2v) is 4.48. The van der Waals surface area contributed by atoms with Crippen molar-refractivity contribution < 1.29 is 4.74 Å². The zero-order valence-electron chi connectivity index (χ0n) is 10.3. The second kappa shape index (κ2) is 5.15. The van der Waals surface area contributed by atoms with E-state index >= 15 is 0 Å². The molecule has 1 fully saturated rings. The molecular weight excluding hydrogens is 214 g/mol. The summed E-state index contributed by atoms with van der Waals surface area (Å²) >= 11 is 0. The Kier molecular flexibility index (Phi) is 3.60. The Morgan fingerprint density at radius 3 is 3.06 bits per heavy atom. The number of pyridine rings is 1. The van der Waals surface area contributed by atoms with Crippen LogP contribution in [0.3, 0.4) is 0 Å². The minimum absolute atomic E-state index is 0.299. The third kappa shape index (κ3) is 2.95. The molecule has 0 bridgehead atoms. The van der Waals surface area contributed by atoms with Crippen molar-refractivity contribution in [2.75, 3.05) is 25.1 Å². The third-order valence-electron chi connectivity index (χ3n) is 2.96. The molecule has 1 aromatic rings. The number of aryl methyl sites for hydroxylation is 1. The zero-order chi connectivity index (χ0) is 12.3. The van der Waals surface area contributed by atoms with Gasteiger partial charge in [-0.1, -0.05) is 0 Å². The molecular formula is C13H17N3O. The molecule has 0 radical (unpaired) electrons. The van der Waals surface area contributed by atoms with Gasteiger partial charge in [0.1, 0.15) is 5.82 Å². The van der Waals surface area contributed by atoms with E-state index in [1.54, 1.807) is 6.07 Å². The second-order valence-electron chi connectivity index (χ2n) is 4.48. The summed E-state index contributed by atoms with van der Waals surface area (Å²) in [5.41, 5.74) is 1.53. The highest BCUT2D eigenvalue weighted by Gasteiger charge is 2.18. The van der Waals surface area contributed by atoms with Crippen molar-refractivity contribution in [1.29, 1.82) is 5.26 Å². The van der Waals surface area contributed by atoms with E-state index in [9.17, 15) is 0 Å². The number of anilines is 1. The molecule has 0 spiro atoms. The molecule has 2 heterocycles. The first kappa shape index (κ1) is 11.9. The number of nitriles is 1. The van der Waals surface area contributed by atoms with E-state index in [4.69, 9.17) is 10.00 Å². The molecule has 90 valence electrons. The highest BCUT2D eigenvalue weighted by molar-refractivity contribution is 5.46. The van der Waals surface area contributed by atoms with Gasteiger partial charge in [0.15, 0.2) is 0 Å².